The third-order valence-electron chi connectivity index (χ3n) is 3.80. The van der Waals surface area contributed by atoms with Crippen molar-refractivity contribution in [1.29, 1.82) is 0 Å². The summed E-state index contributed by atoms with van der Waals surface area (Å²) >= 11 is 1.48. The van der Waals surface area contributed by atoms with E-state index in [4.69, 9.17) is 14.6 Å². The number of ether oxygens (including phenoxy) is 2. The second kappa shape index (κ2) is 8.09. The van der Waals surface area contributed by atoms with Gasteiger partial charge in [0.1, 0.15) is 12.4 Å². The molecule has 1 aromatic heterocycles. The van der Waals surface area contributed by atoms with Gasteiger partial charge in [0.25, 0.3) is 5.91 Å². The van der Waals surface area contributed by atoms with Gasteiger partial charge in [-0.2, -0.15) is 0 Å². The molecule has 25 heavy (non-hydrogen) atoms. The Labute approximate surface area is 148 Å². The van der Waals surface area contributed by atoms with Crippen LogP contribution in [-0.2, 0) is 16.1 Å². The Morgan fingerprint density at radius 1 is 1.40 bits per heavy atom. The number of nitrogens with zero attached hydrogens (tertiary/aromatic N) is 2. The predicted molar refractivity (Wildman–Crippen MR) is 90.8 cm³/mol. The molecule has 2 aromatic rings. The highest BCUT2D eigenvalue weighted by Crippen LogP contribution is 2.22. The number of rotatable bonds is 6. The first kappa shape index (κ1) is 17.4. The maximum Gasteiger partial charge on any atom is 0.306 e. The third kappa shape index (κ3) is 4.55. The second-order valence-corrected chi connectivity index (χ2v) is 6.33. The summed E-state index contributed by atoms with van der Waals surface area (Å²) in [6, 6.07) is 7.03. The van der Waals surface area contributed by atoms with Crippen LogP contribution < -0.4 is 4.74 Å². The normalized spacial score (nSPS) is 17.3. The van der Waals surface area contributed by atoms with Crippen LogP contribution in [0.15, 0.2) is 35.2 Å². The molecule has 0 aliphatic carbocycles. The lowest BCUT2D eigenvalue weighted by atomic mass is 10.1. The van der Waals surface area contributed by atoms with E-state index < -0.39 is 12.1 Å². The molecule has 8 heteroatoms. The monoisotopic (exact) mass is 362 g/mol. The summed E-state index contributed by atoms with van der Waals surface area (Å²) in [5.74, 6) is -0.638. The van der Waals surface area contributed by atoms with Crippen LogP contribution in [0, 0.1) is 0 Å². The van der Waals surface area contributed by atoms with E-state index in [9.17, 15) is 9.59 Å². The molecular weight excluding hydrogens is 344 g/mol. The average molecular weight is 362 g/mol. The van der Waals surface area contributed by atoms with Gasteiger partial charge in [-0.1, -0.05) is 12.1 Å². The smallest absolute Gasteiger partial charge is 0.306 e. The molecule has 1 saturated heterocycles. The van der Waals surface area contributed by atoms with Crippen LogP contribution in [0.2, 0.25) is 0 Å². The lowest BCUT2D eigenvalue weighted by Crippen LogP contribution is -2.46. The Hall–Kier alpha value is -2.45. The van der Waals surface area contributed by atoms with Crippen molar-refractivity contribution < 1.29 is 24.2 Å². The van der Waals surface area contributed by atoms with E-state index in [1.807, 2.05) is 5.38 Å². The molecule has 7 nitrogen and oxygen atoms in total. The highest BCUT2D eigenvalue weighted by atomic mass is 32.1. The molecular formula is C17H18N2O5S. The molecule has 1 aromatic carbocycles. The number of hydrogen-bond acceptors (Lipinski definition) is 6. The molecule has 1 fully saturated rings. The lowest BCUT2D eigenvalue weighted by molar-refractivity contribution is -0.141. The molecule has 0 radical (unpaired) electrons. The highest BCUT2D eigenvalue weighted by molar-refractivity contribution is 7.07. The van der Waals surface area contributed by atoms with E-state index in [1.54, 1.807) is 34.7 Å². The standard InChI is InChI=1S/C17H18N2O5S/c20-16(21)7-13-8-19(5-6-23-13)17(22)14-3-1-2-4-15(14)24-9-12-10-25-11-18-12/h1-4,10-11,13H,5-9H2,(H,20,21)/t13-/m1/s1. The zero-order valence-electron chi connectivity index (χ0n) is 13.5. The summed E-state index contributed by atoms with van der Waals surface area (Å²) in [7, 11) is 0. The summed E-state index contributed by atoms with van der Waals surface area (Å²) in [5.41, 5.74) is 2.99. The largest absolute Gasteiger partial charge is 0.486 e. The first-order chi connectivity index (χ1) is 12.1. The number of aromatic nitrogens is 1. The van der Waals surface area contributed by atoms with E-state index in [2.05, 4.69) is 4.98 Å². The summed E-state index contributed by atoms with van der Waals surface area (Å²) in [6.45, 7) is 1.30. The van der Waals surface area contributed by atoms with Crippen LogP contribution in [-0.4, -0.2) is 52.7 Å². The fourth-order valence-corrected chi connectivity index (χ4v) is 3.17. The van der Waals surface area contributed by atoms with Crippen molar-refractivity contribution in [1.82, 2.24) is 9.88 Å². The number of para-hydroxylation sites is 1. The van der Waals surface area contributed by atoms with E-state index in [1.165, 1.54) is 11.3 Å². The minimum atomic E-state index is -0.939. The molecule has 1 aliphatic rings. The van der Waals surface area contributed by atoms with Crippen molar-refractivity contribution in [2.24, 2.45) is 0 Å². The predicted octanol–water partition coefficient (Wildman–Crippen LogP) is 2.04. The van der Waals surface area contributed by atoms with Gasteiger partial charge in [0.05, 0.1) is 35.9 Å². The van der Waals surface area contributed by atoms with Gasteiger partial charge in [-0.05, 0) is 12.1 Å². The summed E-state index contributed by atoms with van der Waals surface area (Å²) < 4.78 is 11.2. The number of carboxylic acids is 1. The van der Waals surface area contributed by atoms with Crippen molar-refractivity contribution in [3.8, 4) is 5.75 Å². The third-order valence-corrected chi connectivity index (χ3v) is 4.44. The Morgan fingerprint density at radius 2 is 2.24 bits per heavy atom. The van der Waals surface area contributed by atoms with Gasteiger partial charge in [-0.25, -0.2) is 4.98 Å². The van der Waals surface area contributed by atoms with E-state index in [0.29, 0.717) is 31.1 Å². The van der Waals surface area contributed by atoms with Crippen LogP contribution in [0.4, 0.5) is 0 Å². The van der Waals surface area contributed by atoms with Crippen LogP contribution in [0.3, 0.4) is 0 Å². The van der Waals surface area contributed by atoms with Crippen LogP contribution >= 0.6 is 11.3 Å². The number of amides is 1. The molecule has 0 saturated carbocycles. The number of morpholine rings is 1. The Balaban J connectivity index is 1.70. The minimum Gasteiger partial charge on any atom is -0.486 e. The minimum absolute atomic E-state index is 0.119. The van der Waals surface area contributed by atoms with Gasteiger partial charge in [-0.3, -0.25) is 9.59 Å². The molecule has 0 spiro atoms. The summed E-state index contributed by atoms with van der Waals surface area (Å²) in [5, 5.41) is 10.8. The maximum atomic E-state index is 12.8. The van der Waals surface area contributed by atoms with Crippen molar-refractivity contribution in [3.05, 3.63) is 46.4 Å². The molecule has 2 heterocycles. The quantitative estimate of drug-likeness (QED) is 0.846. The number of carboxylic acid groups (broad SMARTS) is 1. The first-order valence-corrected chi connectivity index (χ1v) is 8.79. The number of carbonyl (C=O) groups excluding carboxylic acids is 1. The Morgan fingerprint density at radius 3 is 3.00 bits per heavy atom. The summed E-state index contributed by atoms with van der Waals surface area (Å²) in [6.07, 6.45) is -0.607. The molecule has 1 atom stereocenters. The van der Waals surface area contributed by atoms with Gasteiger partial charge < -0.3 is 19.5 Å². The Kier molecular flexibility index (Phi) is 5.62. The molecule has 3 rings (SSSR count). The zero-order valence-corrected chi connectivity index (χ0v) is 14.3. The van der Waals surface area contributed by atoms with Crippen LogP contribution in [0.5, 0.6) is 5.75 Å². The van der Waals surface area contributed by atoms with E-state index in [0.717, 1.165) is 5.69 Å². The van der Waals surface area contributed by atoms with Gasteiger partial charge in [0.15, 0.2) is 0 Å². The zero-order chi connectivity index (χ0) is 17.6. The van der Waals surface area contributed by atoms with Crippen molar-refractivity contribution in [3.63, 3.8) is 0 Å². The molecule has 0 unspecified atom stereocenters. The summed E-state index contributed by atoms with van der Waals surface area (Å²) in [4.78, 5) is 29.5. The molecule has 0 bridgehead atoms. The number of benzene rings is 1. The Bertz CT molecular complexity index is 734. The van der Waals surface area contributed by atoms with Crippen molar-refractivity contribution >= 4 is 23.2 Å². The molecule has 132 valence electrons. The number of carbonyl (C=O) groups is 2. The van der Waals surface area contributed by atoms with Gasteiger partial charge in [-0.15, -0.1) is 11.3 Å². The average Bonchev–Trinajstić information content (AvgIpc) is 3.13. The fraction of sp³-hybridized carbons (Fsp3) is 0.353. The maximum absolute atomic E-state index is 12.8. The van der Waals surface area contributed by atoms with Gasteiger partial charge in [0, 0.05) is 18.5 Å². The van der Waals surface area contributed by atoms with Gasteiger partial charge in [0.2, 0.25) is 0 Å². The molecule has 1 amide bonds. The van der Waals surface area contributed by atoms with Crippen LogP contribution in [0.25, 0.3) is 0 Å². The van der Waals surface area contributed by atoms with Crippen molar-refractivity contribution in [2.75, 3.05) is 19.7 Å². The van der Waals surface area contributed by atoms with E-state index >= 15 is 0 Å². The fourth-order valence-electron chi connectivity index (χ4n) is 2.62. The number of thiazole rings is 1. The SMILES string of the molecule is O=C(O)C[C@@H]1CN(C(=O)c2ccccc2OCc2cscn2)CCO1. The number of hydrogen-bond donors (Lipinski definition) is 1. The lowest BCUT2D eigenvalue weighted by Gasteiger charge is -2.32. The van der Waals surface area contributed by atoms with Gasteiger partial charge >= 0.3 is 5.97 Å². The van der Waals surface area contributed by atoms with E-state index in [-0.39, 0.29) is 18.9 Å². The second-order valence-electron chi connectivity index (χ2n) is 5.61. The topological polar surface area (TPSA) is 89.0 Å². The first-order valence-electron chi connectivity index (χ1n) is 7.85. The molecule has 1 N–H and O–H groups in total. The van der Waals surface area contributed by atoms with Crippen LogP contribution in [0.1, 0.15) is 22.5 Å². The highest BCUT2D eigenvalue weighted by Gasteiger charge is 2.28. The molecule has 1 aliphatic heterocycles. The number of aliphatic carboxylic acids is 1. The van der Waals surface area contributed by atoms with Crippen molar-refractivity contribution in [2.45, 2.75) is 19.1 Å².